The van der Waals surface area contributed by atoms with Gasteiger partial charge in [0.1, 0.15) is 5.82 Å². The summed E-state index contributed by atoms with van der Waals surface area (Å²) in [6.07, 6.45) is 2.13. The topological polar surface area (TPSA) is 33.2 Å². The van der Waals surface area contributed by atoms with E-state index in [0.717, 1.165) is 22.3 Å². The monoisotopic (exact) mass is 524 g/mol. The first kappa shape index (κ1) is 24.8. The van der Waals surface area contributed by atoms with Gasteiger partial charge in [-0.2, -0.15) is 13.2 Å². The second-order valence-electron chi connectivity index (χ2n) is 10.7. The fourth-order valence-electron chi connectivity index (χ4n) is 6.48. The standard InChI is InChI=1S/C30H25F5N2O/c1-28(32,30(33,34)35)23-4-7-25-20(14-23)15-26-29(25,16-18-2-5-24(31)6-3-18)9-11-37(26)27(38)21-12-19-8-10-36-17-22(19)13-21/h2-8,10,12,14,17,26H,9,11,13,15-16H2,1H3. The molecule has 2 aliphatic carbocycles. The molecular weight excluding hydrogens is 499 g/mol. The third-order valence-electron chi connectivity index (χ3n) is 8.56. The van der Waals surface area contributed by atoms with Crippen molar-refractivity contribution < 1.29 is 26.7 Å². The van der Waals surface area contributed by atoms with E-state index in [1.165, 1.54) is 24.3 Å². The van der Waals surface area contributed by atoms with E-state index < -0.39 is 22.8 Å². The molecule has 0 radical (unpaired) electrons. The quantitative estimate of drug-likeness (QED) is 0.379. The van der Waals surface area contributed by atoms with E-state index in [1.807, 2.05) is 17.0 Å². The number of aromatic nitrogens is 1. The third-order valence-corrected chi connectivity index (χ3v) is 8.56. The summed E-state index contributed by atoms with van der Waals surface area (Å²) in [6.45, 7) is 1.02. The van der Waals surface area contributed by atoms with Crippen molar-refractivity contribution in [2.24, 2.45) is 0 Å². The van der Waals surface area contributed by atoms with E-state index in [4.69, 9.17) is 0 Å². The van der Waals surface area contributed by atoms with Crippen molar-refractivity contribution in [1.29, 1.82) is 0 Å². The van der Waals surface area contributed by atoms with Gasteiger partial charge in [-0.05, 0) is 83.8 Å². The molecule has 8 heteroatoms. The Morgan fingerprint density at radius 3 is 2.55 bits per heavy atom. The first-order valence-corrected chi connectivity index (χ1v) is 12.6. The molecule has 38 heavy (non-hydrogen) atoms. The molecule has 3 atom stereocenters. The highest BCUT2D eigenvalue weighted by molar-refractivity contribution is 6.00. The molecule has 0 spiro atoms. The molecule has 1 aromatic heterocycles. The average molecular weight is 525 g/mol. The van der Waals surface area contributed by atoms with E-state index in [1.54, 1.807) is 30.6 Å². The highest BCUT2D eigenvalue weighted by Crippen LogP contribution is 2.52. The smallest absolute Gasteiger partial charge is 0.335 e. The predicted molar refractivity (Wildman–Crippen MR) is 132 cm³/mol. The van der Waals surface area contributed by atoms with Crippen LogP contribution in [0, 0.1) is 5.82 Å². The van der Waals surface area contributed by atoms with Crippen molar-refractivity contribution in [3.05, 3.63) is 106 Å². The molecule has 3 aromatic rings. The van der Waals surface area contributed by atoms with Crippen LogP contribution in [0.5, 0.6) is 0 Å². The number of alkyl halides is 4. The fourth-order valence-corrected chi connectivity index (χ4v) is 6.48. The maximum absolute atomic E-state index is 14.9. The number of pyridine rings is 1. The normalized spacial score (nSPS) is 23.5. The van der Waals surface area contributed by atoms with Gasteiger partial charge in [-0.3, -0.25) is 9.78 Å². The molecule has 2 heterocycles. The van der Waals surface area contributed by atoms with Gasteiger partial charge in [-0.1, -0.05) is 30.3 Å². The molecule has 0 N–H and O–H groups in total. The predicted octanol–water partition coefficient (Wildman–Crippen LogP) is 6.24. The zero-order valence-corrected chi connectivity index (χ0v) is 20.7. The van der Waals surface area contributed by atoms with Gasteiger partial charge in [-0.15, -0.1) is 0 Å². The van der Waals surface area contributed by atoms with Gasteiger partial charge in [0.05, 0.1) is 0 Å². The van der Waals surface area contributed by atoms with Crippen LogP contribution in [0.1, 0.15) is 46.7 Å². The Morgan fingerprint density at radius 2 is 1.84 bits per heavy atom. The van der Waals surface area contributed by atoms with Crippen molar-refractivity contribution in [2.45, 2.75) is 55.9 Å². The van der Waals surface area contributed by atoms with Crippen molar-refractivity contribution in [3.63, 3.8) is 0 Å². The van der Waals surface area contributed by atoms with Gasteiger partial charge < -0.3 is 4.90 Å². The molecule has 1 fully saturated rings. The molecule has 3 nitrogen and oxygen atoms in total. The second kappa shape index (κ2) is 8.48. The number of nitrogens with zero attached hydrogens (tertiary/aromatic N) is 2. The minimum absolute atomic E-state index is 0.106. The molecular formula is C30H25F5N2O. The van der Waals surface area contributed by atoms with E-state index in [0.29, 0.717) is 50.3 Å². The van der Waals surface area contributed by atoms with Crippen LogP contribution >= 0.6 is 0 Å². The molecule has 1 aliphatic heterocycles. The van der Waals surface area contributed by atoms with Crippen LogP contribution in [-0.2, 0) is 35.1 Å². The van der Waals surface area contributed by atoms with Gasteiger partial charge in [0.2, 0.25) is 11.6 Å². The second-order valence-corrected chi connectivity index (χ2v) is 10.7. The molecule has 3 aliphatic rings. The maximum Gasteiger partial charge on any atom is 0.426 e. The number of carbonyl (C=O) groups excluding carboxylic acids is 1. The molecule has 6 rings (SSSR count). The lowest BCUT2D eigenvalue weighted by atomic mass is 9.73. The molecule has 2 aromatic carbocycles. The average Bonchev–Trinajstić information content (AvgIpc) is 3.54. The summed E-state index contributed by atoms with van der Waals surface area (Å²) < 4.78 is 68.9. The van der Waals surface area contributed by atoms with Crippen LogP contribution < -0.4 is 0 Å². The number of halogens is 5. The van der Waals surface area contributed by atoms with Crippen molar-refractivity contribution in [1.82, 2.24) is 9.88 Å². The lowest BCUT2D eigenvalue weighted by molar-refractivity contribution is -0.228. The van der Waals surface area contributed by atoms with Crippen LogP contribution in [-0.4, -0.2) is 34.6 Å². The van der Waals surface area contributed by atoms with Crippen LogP contribution in [0.25, 0.3) is 6.08 Å². The van der Waals surface area contributed by atoms with Crippen LogP contribution in [0.4, 0.5) is 22.0 Å². The molecule has 1 amide bonds. The van der Waals surface area contributed by atoms with Crippen molar-refractivity contribution >= 4 is 12.0 Å². The lowest BCUT2D eigenvalue weighted by Gasteiger charge is -2.34. The Morgan fingerprint density at radius 1 is 1.08 bits per heavy atom. The minimum Gasteiger partial charge on any atom is -0.335 e. The van der Waals surface area contributed by atoms with Gasteiger partial charge in [0, 0.05) is 42.4 Å². The Bertz CT molecular complexity index is 1460. The summed E-state index contributed by atoms with van der Waals surface area (Å²) in [7, 11) is 0. The van der Waals surface area contributed by atoms with E-state index in [9.17, 15) is 26.7 Å². The Labute approximate surface area is 217 Å². The molecule has 0 saturated carbocycles. The van der Waals surface area contributed by atoms with Gasteiger partial charge in [-0.25, -0.2) is 8.78 Å². The van der Waals surface area contributed by atoms with E-state index in [-0.39, 0.29) is 17.8 Å². The van der Waals surface area contributed by atoms with E-state index in [2.05, 4.69) is 4.98 Å². The Hall–Kier alpha value is -3.55. The van der Waals surface area contributed by atoms with Gasteiger partial charge in [0.25, 0.3) is 0 Å². The fraction of sp³-hybridized carbons (Fsp3) is 0.333. The molecule has 196 valence electrons. The zero-order valence-electron chi connectivity index (χ0n) is 20.7. The first-order chi connectivity index (χ1) is 18.0. The molecule has 1 saturated heterocycles. The summed E-state index contributed by atoms with van der Waals surface area (Å²) in [5, 5.41) is 0. The number of fused-ring (bicyclic) bond motifs is 4. The lowest BCUT2D eigenvalue weighted by Crippen LogP contribution is -2.44. The Kier molecular flexibility index (Phi) is 5.53. The number of carbonyl (C=O) groups is 1. The van der Waals surface area contributed by atoms with Crippen LogP contribution in [0.15, 0.2) is 66.5 Å². The summed E-state index contributed by atoms with van der Waals surface area (Å²) >= 11 is 0. The van der Waals surface area contributed by atoms with Crippen LogP contribution in [0.3, 0.4) is 0 Å². The van der Waals surface area contributed by atoms with E-state index >= 15 is 0 Å². The molecule has 0 bridgehead atoms. The first-order valence-electron chi connectivity index (χ1n) is 12.6. The van der Waals surface area contributed by atoms with Gasteiger partial charge >= 0.3 is 6.18 Å². The van der Waals surface area contributed by atoms with Gasteiger partial charge in [0.15, 0.2) is 0 Å². The summed E-state index contributed by atoms with van der Waals surface area (Å²) in [5.41, 5.74) is 0.385. The largest absolute Gasteiger partial charge is 0.426 e. The zero-order chi connectivity index (χ0) is 26.9. The minimum atomic E-state index is -5.05. The summed E-state index contributed by atoms with van der Waals surface area (Å²) in [4.78, 5) is 19.8. The van der Waals surface area contributed by atoms with Crippen LogP contribution in [0.2, 0.25) is 0 Å². The van der Waals surface area contributed by atoms with Crippen molar-refractivity contribution in [2.75, 3.05) is 6.54 Å². The number of hydrogen-bond donors (Lipinski definition) is 0. The third kappa shape index (κ3) is 3.76. The Balaban J connectivity index is 1.39. The summed E-state index contributed by atoms with van der Waals surface area (Å²) in [5.74, 6) is -0.468. The number of amides is 1. The van der Waals surface area contributed by atoms with Crippen molar-refractivity contribution in [3.8, 4) is 0 Å². The number of likely N-dealkylation sites (tertiary alicyclic amines) is 1. The number of benzene rings is 2. The summed E-state index contributed by atoms with van der Waals surface area (Å²) in [6, 6.07) is 11.8. The molecule has 3 unspecified atom stereocenters. The maximum atomic E-state index is 14.9. The number of rotatable bonds is 4. The highest BCUT2D eigenvalue weighted by atomic mass is 19.4. The number of hydrogen-bond acceptors (Lipinski definition) is 2. The SMILES string of the molecule is CC(F)(c1ccc2c(c1)CC1N(C(=O)C3=Cc4ccncc4C3)CCC21Cc1ccc(F)cc1)C(F)(F)F. The highest BCUT2D eigenvalue weighted by Gasteiger charge is 2.57.